The Balaban J connectivity index is 3.21. The summed E-state index contributed by atoms with van der Waals surface area (Å²) in [6.07, 6.45) is 2.75. The highest BCUT2D eigenvalue weighted by atomic mass is 16.3. The van der Waals surface area contributed by atoms with Gasteiger partial charge in [0.05, 0.1) is 6.61 Å². The second-order valence-corrected chi connectivity index (χ2v) is 3.34. The van der Waals surface area contributed by atoms with E-state index in [-0.39, 0.29) is 12.5 Å². The van der Waals surface area contributed by atoms with Crippen molar-refractivity contribution in [2.24, 2.45) is 0 Å². The van der Waals surface area contributed by atoms with Crippen LogP contribution in [0, 0.1) is 6.92 Å². The molecular formula is C13H17O. The van der Waals surface area contributed by atoms with Gasteiger partial charge in [0.1, 0.15) is 0 Å². The molecule has 0 aliphatic carbocycles. The van der Waals surface area contributed by atoms with Gasteiger partial charge in [-0.25, -0.2) is 0 Å². The average molecular weight is 189 g/mol. The molecule has 0 amide bonds. The van der Waals surface area contributed by atoms with Crippen molar-refractivity contribution in [1.82, 2.24) is 0 Å². The molecule has 1 rings (SSSR count). The van der Waals surface area contributed by atoms with Gasteiger partial charge in [0, 0.05) is 5.92 Å². The Kier molecular flexibility index (Phi) is 3.90. The molecule has 1 radical (unpaired) electrons. The second kappa shape index (κ2) is 4.97. The van der Waals surface area contributed by atoms with Crippen molar-refractivity contribution in [2.45, 2.75) is 25.9 Å². The first kappa shape index (κ1) is 11.0. The van der Waals surface area contributed by atoms with E-state index >= 15 is 0 Å². The van der Waals surface area contributed by atoms with Crippen LogP contribution in [0.5, 0.6) is 0 Å². The molecule has 0 saturated carbocycles. The van der Waals surface area contributed by atoms with E-state index in [0.29, 0.717) is 0 Å². The van der Waals surface area contributed by atoms with Crippen LogP contribution < -0.4 is 0 Å². The van der Waals surface area contributed by atoms with Gasteiger partial charge in [-0.05, 0) is 30.0 Å². The van der Waals surface area contributed by atoms with Gasteiger partial charge >= 0.3 is 0 Å². The highest BCUT2D eigenvalue weighted by molar-refractivity contribution is 5.39. The minimum absolute atomic E-state index is 0.0981. The molecule has 0 aromatic heterocycles. The van der Waals surface area contributed by atoms with E-state index in [0.717, 1.165) is 12.0 Å². The van der Waals surface area contributed by atoms with Gasteiger partial charge < -0.3 is 5.11 Å². The Hall–Kier alpha value is -1.08. The van der Waals surface area contributed by atoms with Gasteiger partial charge in [0.2, 0.25) is 0 Å². The van der Waals surface area contributed by atoms with Gasteiger partial charge in [0.25, 0.3) is 0 Å². The molecule has 0 heterocycles. The van der Waals surface area contributed by atoms with Crippen molar-refractivity contribution in [3.8, 4) is 0 Å². The molecule has 0 aliphatic rings. The summed E-state index contributed by atoms with van der Waals surface area (Å²) < 4.78 is 0. The van der Waals surface area contributed by atoms with E-state index in [2.05, 4.69) is 26.5 Å². The molecule has 1 aromatic carbocycles. The first-order valence-electron chi connectivity index (χ1n) is 4.91. The first-order chi connectivity index (χ1) is 6.74. The van der Waals surface area contributed by atoms with Crippen molar-refractivity contribution in [1.29, 1.82) is 0 Å². The van der Waals surface area contributed by atoms with Crippen molar-refractivity contribution in [2.75, 3.05) is 0 Å². The maximum atomic E-state index is 9.18. The van der Waals surface area contributed by atoms with Crippen LogP contribution in [-0.2, 0) is 13.0 Å². The molecular weight excluding hydrogens is 172 g/mol. The Labute approximate surface area is 86.1 Å². The standard InChI is InChI=1S/C13H17O/c1-4-10(3)13-8-6-7-11(9-14)12(13)5-2/h4,6-8,10,14H,1,3,5,9H2,2H3. The second-order valence-electron chi connectivity index (χ2n) is 3.34. The number of aliphatic hydroxyl groups is 1. The van der Waals surface area contributed by atoms with Crippen molar-refractivity contribution < 1.29 is 5.11 Å². The summed E-state index contributed by atoms with van der Waals surface area (Å²) in [7, 11) is 0. The number of hydrogen-bond acceptors (Lipinski definition) is 1. The largest absolute Gasteiger partial charge is 0.392 e. The van der Waals surface area contributed by atoms with Gasteiger partial charge in [0.15, 0.2) is 0 Å². The SMILES string of the molecule is [CH2]C(C=C)c1cccc(CO)c1CC. The van der Waals surface area contributed by atoms with Crippen LogP contribution >= 0.6 is 0 Å². The molecule has 1 N–H and O–H groups in total. The lowest BCUT2D eigenvalue weighted by Crippen LogP contribution is -2.01. The highest BCUT2D eigenvalue weighted by Crippen LogP contribution is 2.24. The zero-order valence-electron chi connectivity index (χ0n) is 8.66. The molecule has 0 bridgehead atoms. The van der Waals surface area contributed by atoms with Gasteiger partial charge in [-0.2, -0.15) is 0 Å². The average Bonchev–Trinajstić information content (AvgIpc) is 2.26. The van der Waals surface area contributed by atoms with Crippen LogP contribution in [0.15, 0.2) is 30.9 Å². The molecule has 75 valence electrons. The van der Waals surface area contributed by atoms with Crippen molar-refractivity contribution in [3.63, 3.8) is 0 Å². The van der Waals surface area contributed by atoms with Crippen LogP contribution in [0.4, 0.5) is 0 Å². The Morgan fingerprint density at radius 3 is 2.71 bits per heavy atom. The summed E-state index contributed by atoms with van der Waals surface area (Å²) in [6, 6.07) is 5.97. The molecule has 0 spiro atoms. The number of benzene rings is 1. The fraction of sp³-hybridized carbons (Fsp3) is 0.308. The van der Waals surface area contributed by atoms with Crippen LogP contribution in [0.2, 0.25) is 0 Å². The minimum atomic E-state index is 0.0981. The smallest absolute Gasteiger partial charge is 0.0684 e. The zero-order valence-corrected chi connectivity index (χ0v) is 8.66. The monoisotopic (exact) mass is 189 g/mol. The summed E-state index contributed by atoms with van der Waals surface area (Å²) in [6.45, 7) is 9.94. The molecule has 1 heteroatoms. The van der Waals surface area contributed by atoms with Crippen LogP contribution in [0.1, 0.15) is 29.5 Å². The molecule has 1 unspecified atom stereocenters. The third kappa shape index (κ3) is 2.05. The topological polar surface area (TPSA) is 20.2 Å². The number of rotatable bonds is 4. The lowest BCUT2D eigenvalue weighted by molar-refractivity contribution is 0.280. The summed E-state index contributed by atoms with van der Waals surface area (Å²) >= 11 is 0. The summed E-state index contributed by atoms with van der Waals surface area (Å²) in [5.74, 6) is 0.108. The predicted molar refractivity (Wildman–Crippen MR) is 60.0 cm³/mol. The van der Waals surface area contributed by atoms with E-state index in [4.69, 9.17) is 0 Å². The molecule has 0 fully saturated rings. The highest BCUT2D eigenvalue weighted by Gasteiger charge is 2.09. The van der Waals surface area contributed by atoms with Crippen LogP contribution in [0.3, 0.4) is 0 Å². The van der Waals surface area contributed by atoms with Gasteiger partial charge in [-0.1, -0.05) is 31.2 Å². The zero-order chi connectivity index (χ0) is 10.6. The minimum Gasteiger partial charge on any atom is -0.392 e. The van der Waals surface area contributed by atoms with E-state index < -0.39 is 0 Å². The summed E-state index contributed by atoms with van der Waals surface area (Å²) in [5, 5.41) is 9.18. The molecule has 1 aromatic rings. The number of aliphatic hydroxyl groups excluding tert-OH is 1. The van der Waals surface area contributed by atoms with E-state index in [1.54, 1.807) is 0 Å². The number of allylic oxidation sites excluding steroid dienone is 1. The fourth-order valence-electron chi connectivity index (χ4n) is 1.71. The third-order valence-electron chi connectivity index (χ3n) is 2.52. The molecule has 14 heavy (non-hydrogen) atoms. The van der Waals surface area contributed by atoms with Crippen molar-refractivity contribution >= 4 is 0 Å². The van der Waals surface area contributed by atoms with Crippen LogP contribution in [0.25, 0.3) is 0 Å². The quantitative estimate of drug-likeness (QED) is 0.722. The number of hydrogen-bond donors (Lipinski definition) is 1. The fourth-order valence-corrected chi connectivity index (χ4v) is 1.71. The Bertz CT molecular complexity index is 315. The van der Waals surface area contributed by atoms with Crippen molar-refractivity contribution in [3.05, 3.63) is 54.5 Å². The maximum Gasteiger partial charge on any atom is 0.0684 e. The molecule has 1 atom stereocenters. The Morgan fingerprint density at radius 1 is 1.50 bits per heavy atom. The van der Waals surface area contributed by atoms with E-state index in [1.165, 1.54) is 11.1 Å². The third-order valence-corrected chi connectivity index (χ3v) is 2.52. The molecule has 0 aliphatic heterocycles. The van der Waals surface area contributed by atoms with Gasteiger partial charge in [-0.3, -0.25) is 0 Å². The molecule has 0 saturated heterocycles. The first-order valence-corrected chi connectivity index (χ1v) is 4.91. The predicted octanol–water partition coefficient (Wildman–Crippen LogP) is 2.84. The summed E-state index contributed by atoms with van der Waals surface area (Å²) in [4.78, 5) is 0. The van der Waals surface area contributed by atoms with E-state index in [9.17, 15) is 5.11 Å². The van der Waals surface area contributed by atoms with E-state index in [1.807, 2.05) is 18.2 Å². The summed E-state index contributed by atoms with van der Waals surface area (Å²) in [5.41, 5.74) is 3.38. The van der Waals surface area contributed by atoms with Crippen LogP contribution in [-0.4, -0.2) is 5.11 Å². The lowest BCUT2D eigenvalue weighted by atomic mass is 9.91. The van der Waals surface area contributed by atoms with Gasteiger partial charge in [-0.15, -0.1) is 6.58 Å². The maximum absolute atomic E-state index is 9.18. The molecule has 1 nitrogen and oxygen atoms in total. The normalized spacial score (nSPS) is 12.5. The lowest BCUT2D eigenvalue weighted by Gasteiger charge is -2.15. The Morgan fingerprint density at radius 2 is 2.21 bits per heavy atom.